The highest BCUT2D eigenvalue weighted by Crippen LogP contribution is 2.18. The minimum absolute atomic E-state index is 0.138. The molecule has 0 aliphatic carbocycles. The Kier molecular flexibility index (Phi) is 14.8. The van der Waals surface area contributed by atoms with Crippen LogP contribution in [0.4, 0.5) is 4.79 Å². The first kappa shape index (κ1) is 35.0. The Balaban J connectivity index is 5.49. The monoisotopic (exact) mass is 541 g/mol. The lowest BCUT2D eigenvalue weighted by molar-refractivity contribution is -0.149. The molecule has 0 radical (unpaired) electrons. The Bertz CT molecular complexity index is 855. The smallest absolute Gasteiger partial charge is 0.321 e. The van der Waals surface area contributed by atoms with Gasteiger partial charge in [-0.1, -0.05) is 26.0 Å². The van der Waals surface area contributed by atoms with Crippen molar-refractivity contribution in [1.29, 1.82) is 0 Å². The Labute approximate surface area is 226 Å². The Hall–Kier alpha value is -2.99. The van der Waals surface area contributed by atoms with Crippen molar-refractivity contribution in [3.05, 3.63) is 12.2 Å². The number of amides is 6. The zero-order valence-corrected chi connectivity index (χ0v) is 24.2. The van der Waals surface area contributed by atoms with Gasteiger partial charge in [0.15, 0.2) is 0 Å². The second-order valence-corrected chi connectivity index (χ2v) is 10.3. The molecule has 0 bridgehead atoms. The zero-order valence-electron chi connectivity index (χ0n) is 24.2. The van der Waals surface area contributed by atoms with Gasteiger partial charge >= 0.3 is 6.03 Å². The number of carbonyl (C=O) groups excluding carboxylic acids is 5. The highest BCUT2D eigenvalue weighted by atomic mass is 16.3. The van der Waals surface area contributed by atoms with E-state index >= 15 is 0 Å². The summed E-state index contributed by atoms with van der Waals surface area (Å²) in [5.74, 6) is -2.52. The van der Waals surface area contributed by atoms with Gasteiger partial charge in [0.2, 0.25) is 17.7 Å². The van der Waals surface area contributed by atoms with Crippen molar-refractivity contribution in [1.82, 2.24) is 25.8 Å². The number of aliphatic hydroxyl groups is 2. The summed E-state index contributed by atoms with van der Waals surface area (Å²) in [5, 5.41) is 27.6. The molecule has 0 spiro atoms. The number of rotatable bonds is 14. The van der Waals surface area contributed by atoms with E-state index in [2.05, 4.69) is 16.0 Å². The zero-order chi connectivity index (χ0) is 29.8. The minimum Gasteiger partial charge on any atom is -0.392 e. The van der Waals surface area contributed by atoms with Gasteiger partial charge in [0.05, 0.1) is 18.1 Å². The maximum atomic E-state index is 13.3. The van der Waals surface area contributed by atoms with Gasteiger partial charge in [-0.2, -0.15) is 0 Å². The molecule has 5 N–H and O–H groups in total. The van der Waals surface area contributed by atoms with Crippen LogP contribution in [0.25, 0.3) is 0 Å². The largest absolute Gasteiger partial charge is 0.392 e. The van der Waals surface area contributed by atoms with Crippen molar-refractivity contribution >= 4 is 29.7 Å². The van der Waals surface area contributed by atoms with Crippen LogP contribution in [0.15, 0.2) is 12.2 Å². The molecule has 38 heavy (non-hydrogen) atoms. The molecule has 218 valence electrons. The van der Waals surface area contributed by atoms with Gasteiger partial charge in [-0.3, -0.25) is 24.5 Å². The number of allylic oxidation sites excluding steroid dienone is 2. The Morgan fingerprint density at radius 3 is 2.08 bits per heavy atom. The second kappa shape index (κ2) is 16.1. The van der Waals surface area contributed by atoms with Crippen LogP contribution < -0.4 is 16.0 Å². The number of imide groups is 1. The molecule has 0 fully saturated rings. The molecule has 12 nitrogen and oxygen atoms in total. The molecular weight excluding hydrogens is 494 g/mol. The normalized spacial score (nSPS) is 15.6. The lowest BCUT2D eigenvalue weighted by Crippen LogP contribution is -2.58. The van der Waals surface area contributed by atoms with Gasteiger partial charge in [-0.05, 0) is 46.5 Å². The van der Waals surface area contributed by atoms with Gasteiger partial charge in [-0.15, -0.1) is 0 Å². The summed E-state index contributed by atoms with van der Waals surface area (Å²) >= 11 is 0. The van der Waals surface area contributed by atoms with Gasteiger partial charge < -0.3 is 30.6 Å². The topological polar surface area (TPSA) is 168 Å². The number of hydrogen-bond donors (Lipinski definition) is 5. The van der Waals surface area contributed by atoms with Gasteiger partial charge in [0, 0.05) is 27.6 Å². The van der Waals surface area contributed by atoms with Crippen LogP contribution in [0, 0.1) is 5.92 Å². The van der Waals surface area contributed by atoms with Crippen molar-refractivity contribution in [2.75, 3.05) is 21.1 Å². The van der Waals surface area contributed by atoms with Gasteiger partial charge in [-0.25, -0.2) is 4.79 Å². The third-order valence-electron chi connectivity index (χ3n) is 6.40. The first-order chi connectivity index (χ1) is 17.5. The van der Waals surface area contributed by atoms with Crippen molar-refractivity contribution in [2.24, 2.45) is 5.92 Å². The summed E-state index contributed by atoms with van der Waals surface area (Å²) in [4.78, 5) is 65.5. The number of urea groups is 1. The first-order valence-electron chi connectivity index (χ1n) is 12.9. The molecule has 0 heterocycles. The molecule has 6 amide bonds. The fraction of sp³-hybridized carbons (Fsp3) is 0.731. The third kappa shape index (κ3) is 11.6. The fourth-order valence-corrected chi connectivity index (χ4v) is 3.68. The van der Waals surface area contributed by atoms with Crippen LogP contribution in [0.3, 0.4) is 0 Å². The highest BCUT2D eigenvalue weighted by molar-refractivity contribution is 5.99. The molecule has 12 heteroatoms. The average molecular weight is 542 g/mol. The molecule has 0 aromatic carbocycles. The molecular formula is C26H47N5O7. The summed E-state index contributed by atoms with van der Waals surface area (Å²) in [6, 6.07) is -3.91. The van der Waals surface area contributed by atoms with Gasteiger partial charge in [0.25, 0.3) is 5.91 Å². The van der Waals surface area contributed by atoms with Crippen molar-refractivity contribution in [3.63, 3.8) is 0 Å². The number of carbonyl (C=O) groups is 5. The third-order valence-corrected chi connectivity index (χ3v) is 6.40. The van der Waals surface area contributed by atoms with Crippen LogP contribution in [0.5, 0.6) is 0 Å². The predicted molar refractivity (Wildman–Crippen MR) is 144 cm³/mol. The molecule has 0 aromatic rings. The van der Waals surface area contributed by atoms with E-state index in [0.29, 0.717) is 6.42 Å². The maximum absolute atomic E-state index is 13.3. The summed E-state index contributed by atoms with van der Waals surface area (Å²) in [6.45, 7) is 9.84. The van der Waals surface area contributed by atoms with E-state index in [4.69, 9.17) is 0 Å². The number of likely N-dealkylation sites (N-methyl/N-ethyl adjacent to an activating group) is 2. The fourth-order valence-electron chi connectivity index (χ4n) is 3.68. The number of aliphatic hydroxyl groups excluding tert-OH is 1. The molecule has 0 unspecified atom stereocenters. The Morgan fingerprint density at radius 2 is 1.61 bits per heavy atom. The SMILES string of the molecule is C/C=C/C[C@@H](C)[C@@H](O)CC(=O)N[C@@H](CC)C(=O)N(C)[C@H](C)C(=O)N(C)[C@@H](CC(C)(C)O)C(=O)NC(=O)NC. The van der Waals surface area contributed by atoms with Crippen molar-refractivity contribution in [2.45, 2.75) is 97.1 Å². The molecule has 0 aromatic heterocycles. The standard InChI is InChI=1S/C26H47N5O7/c1-10-12-13-16(3)20(32)14-21(33)28-18(11-2)24(36)30(8)17(4)23(35)31(9)19(15-26(5,6)38)22(34)29-25(37)27-7/h10,12,16-20,32,38H,11,13-15H2,1-9H3,(H,28,33)(H2,27,29,34,37)/b12-10+/t16-,17-,18+,19+,20+/m1/s1. The van der Waals surface area contributed by atoms with Crippen LogP contribution >= 0.6 is 0 Å². The number of nitrogens with zero attached hydrogens (tertiary/aromatic N) is 2. The molecule has 0 saturated heterocycles. The highest BCUT2D eigenvalue weighted by Gasteiger charge is 2.37. The predicted octanol–water partition coefficient (Wildman–Crippen LogP) is 0.525. The van der Waals surface area contributed by atoms with E-state index in [1.165, 1.54) is 46.8 Å². The summed E-state index contributed by atoms with van der Waals surface area (Å²) in [7, 11) is 4.10. The second-order valence-electron chi connectivity index (χ2n) is 10.3. The summed E-state index contributed by atoms with van der Waals surface area (Å²) in [6.07, 6.45) is 3.44. The average Bonchev–Trinajstić information content (AvgIpc) is 2.85. The summed E-state index contributed by atoms with van der Waals surface area (Å²) < 4.78 is 0. The molecule has 0 aliphatic rings. The van der Waals surface area contributed by atoms with Crippen LogP contribution in [0.2, 0.25) is 0 Å². The quantitative estimate of drug-likeness (QED) is 0.200. The first-order valence-corrected chi connectivity index (χ1v) is 12.9. The molecule has 5 atom stereocenters. The van der Waals surface area contributed by atoms with Gasteiger partial charge in [0.1, 0.15) is 18.1 Å². The Morgan fingerprint density at radius 1 is 1.03 bits per heavy atom. The molecule has 0 aliphatic heterocycles. The lowest BCUT2D eigenvalue weighted by Gasteiger charge is -2.35. The van der Waals surface area contributed by atoms with Crippen molar-refractivity contribution < 1.29 is 34.2 Å². The maximum Gasteiger partial charge on any atom is 0.321 e. The lowest BCUT2D eigenvalue weighted by atomic mass is 9.97. The van der Waals surface area contributed by atoms with Crippen LogP contribution in [-0.4, -0.2) is 101 Å². The number of hydrogen-bond acceptors (Lipinski definition) is 7. The van der Waals surface area contributed by atoms with E-state index in [1.54, 1.807) is 6.92 Å². The van der Waals surface area contributed by atoms with E-state index in [1.807, 2.05) is 26.0 Å². The van der Waals surface area contributed by atoms with E-state index < -0.39 is 59.5 Å². The molecule has 0 saturated carbocycles. The van der Waals surface area contributed by atoms with E-state index in [-0.39, 0.29) is 25.2 Å². The number of nitrogens with one attached hydrogen (secondary N) is 3. The summed E-state index contributed by atoms with van der Waals surface area (Å²) in [5.41, 5.74) is -1.34. The molecule has 0 rings (SSSR count). The van der Waals surface area contributed by atoms with E-state index in [9.17, 15) is 34.2 Å². The van der Waals surface area contributed by atoms with Crippen LogP contribution in [-0.2, 0) is 19.2 Å². The van der Waals surface area contributed by atoms with E-state index in [0.717, 1.165) is 4.90 Å². The minimum atomic E-state index is -1.34. The van der Waals surface area contributed by atoms with Crippen molar-refractivity contribution in [3.8, 4) is 0 Å². The van der Waals surface area contributed by atoms with Crippen LogP contribution in [0.1, 0.15) is 67.2 Å².